The van der Waals surface area contributed by atoms with Gasteiger partial charge in [0.05, 0.1) is 0 Å². The van der Waals surface area contributed by atoms with Crippen molar-refractivity contribution in [3.05, 3.63) is 47.0 Å². The number of fused-ring (bicyclic) bond motifs is 1. The van der Waals surface area contributed by atoms with E-state index in [1.54, 1.807) is 24.3 Å². The van der Waals surface area contributed by atoms with Crippen LogP contribution in [0, 0.1) is 0 Å². The molecule has 0 heterocycles. The molecule has 1 aromatic rings. The summed E-state index contributed by atoms with van der Waals surface area (Å²) in [5, 5.41) is 0. The zero-order valence-electron chi connectivity index (χ0n) is 9.01. The van der Waals surface area contributed by atoms with Crippen molar-refractivity contribution >= 4 is 29.6 Å². The zero-order chi connectivity index (χ0) is 12.3. The van der Waals surface area contributed by atoms with Gasteiger partial charge in [-0.15, -0.1) is 11.8 Å². The molecule has 17 heavy (non-hydrogen) atoms. The highest BCUT2D eigenvalue weighted by Crippen LogP contribution is 2.23. The summed E-state index contributed by atoms with van der Waals surface area (Å²) in [4.78, 5) is 34.0. The molecule has 0 unspecified atom stereocenters. The Bertz CT molecular complexity index is 517. The normalized spacial score (nSPS) is 14.2. The molecule has 0 atom stereocenters. The first-order valence-electron chi connectivity index (χ1n) is 5.14. The van der Waals surface area contributed by atoms with E-state index < -0.39 is 0 Å². The molecule has 0 saturated heterocycles. The summed E-state index contributed by atoms with van der Waals surface area (Å²) in [6, 6.07) is 6.80. The first-order chi connectivity index (χ1) is 8.24. The molecule has 1 aliphatic rings. The van der Waals surface area contributed by atoms with Crippen LogP contribution in [0.15, 0.2) is 35.9 Å². The molecule has 0 N–H and O–H groups in total. The fourth-order valence-corrected chi connectivity index (χ4v) is 2.34. The molecule has 0 saturated carbocycles. The van der Waals surface area contributed by atoms with Crippen molar-refractivity contribution < 1.29 is 14.4 Å². The first-order valence-corrected chi connectivity index (χ1v) is 6.29. The summed E-state index contributed by atoms with van der Waals surface area (Å²) in [6.07, 6.45) is 2.16. The van der Waals surface area contributed by atoms with Crippen molar-refractivity contribution in [2.24, 2.45) is 0 Å². The van der Waals surface area contributed by atoms with E-state index in [1.165, 1.54) is 17.8 Å². The molecule has 4 heteroatoms. The molecule has 1 aliphatic carbocycles. The van der Waals surface area contributed by atoms with Gasteiger partial charge in [0.25, 0.3) is 0 Å². The number of Topliss-reactive ketones (excluding diaryl/α,β-unsaturated/α-hetero) is 1. The molecule has 0 radical (unpaired) electrons. The smallest absolute Gasteiger partial charge is 0.190 e. The van der Waals surface area contributed by atoms with Crippen molar-refractivity contribution in [3.63, 3.8) is 0 Å². The Morgan fingerprint density at radius 2 is 1.82 bits per heavy atom. The molecular formula is C13H10O3S. The minimum atomic E-state index is -0.137. The predicted octanol–water partition coefficient (Wildman–Crippen LogP) is 1.92. The average Bonchev–Trinajstić information content (AvgIpc) is 2.36. The monoisotopic (exact) mass is 246 g/mol. The van der Waals surface area contributed by atoms with Crippen molar-refractivity contribution in [3.8, 4) is 0 Å². The Balaban J connectivity index is 2.25. The molecule has 0 fully saturated rings. The lowest BCUT2D eigenvalue weighted by Crippen LogP contribution is -2.18. The third-order valence-corrected chi connectivity index (χ3v) is 3.36. The lowest BCUT2D eigenvalue weighted by Gasteiger charge is -2.14. The first kappa shape index (κ1) is 11.8. The van der Waals surface area contributed by atoms with Crippen LogP contribution in [-0.2, 0) is 4.79 Å². The maximum atomic E-state index is 12.0. The Morgan fingerprint density at radius 3 is 2.53 bits per heavy atom. The van der Waals surface area contributed by atoms with E-state index in [1.807, 2.05) is 0 Å². The van der Waals surface area contributed by atoms with E-state index in [2.05, 4.69) is 0 Å². The molecule has 0 aromatic heterocycles. The van der Waals surface area contributed by atoms with Gasteiger partial charge in [-0.3, -0.25) is 9.59 Å². The predicted molar refractivity (Wildman–Crippen MR) is 66.6 cm³/mol. The fraction of sp³-hybridized carbons (Fsp3) is 0.154. The molecule has 3 nitrogen and oxygen atoms in total. The Kier molecular flexibility index (Phi) is 3.54. The molecule has 1 aromatic carbocycles. The summed E-state index contributed by atoms with van der Waals surface area (Å²) < 4.78 is 0. The zero-order valence-corrected chi connectivity index (χ0v) is 9.83. The summed E-state index contributed by atoms with van der Waals surface area (Å²) in [5.41, 5.74) is 1.39. The Morgan fingerprint density at radius 1 is 1.12 bits per heavy atom. The summed E-state index contributed by atoms with van der Waals surface area (Å²) in [5.74, 6) is 0.485. The van der Waals surface area contributed by atoms with Gasteiger partial charge >= 0.3 is 0 Å². The van der Waals surface area contributed by atoms with Crippen LogP contribution in [-0.4, -0.2) is 29.4 Å². The van der Waals surface area contributed by atoms with Gasteiger partial charge in [0.2, 0.25) is 0 Å². The van der Waals surface area contributed by atoms with Gasteiger partial charge in [-0.1, -0.05) is 24.3 Å². The number of aldehydes is 1. The van der Waals surface area contributed by atoms with Crippen molar-refractivity contribution in [2.45, 2.75) is 0 Å². The molecule has 86 valence electrons. The number of allylic oxidation sites excluding steroid dienone is 1. The minimum Gasteiger partial charge on any atom is -0.302 e. The van der Waals surface area contributed by atoms with E-state index in [0.29, 0.717) is 28.2 Å². The summed E-state index contributed by atoms with van der Waals surface area (Å²) in [7, 11) is 0. The molecule has 2 rings (SSSR count). The van der Waals surface area contributed by atoms with Crippen LogP contribution in [0.25, 0.3) is 0 Å². The number of hydrogen-bond donors (Lipinski definition) is 0. The minimum absolute atomic E-state index is 0.112. The van der Waals surface area contributed by atoms with Crippen molar-refractivity contribution in [1.82, 2.24) is 0 Å². The number of benzene rings is 1. The molecule has 0 amide bonds. The summed E-state index contributed by atoms with van der Waals surface area (Å²) in [6.45, 7) is 0. The van der Waals surface area contributed by atoms with Crippen LogP contribution in [0.2, 0.25) is 0 Å². The van der Waals surface area contributed by atoms with Crippen molar-refractivity contribution in [1.29, 1.82) is 0 Å². The van der Waals surface area contributed by atoms with Crippen molar-refractivity contribution in [2.75, 3.05) is 11.5 Å². The summed E-state index contributed by atoms with van der Waals surface area (Å²) >= 11 is 1.33. The van der Waals surface area contributed by atoms with Crippen LogP contribution in [0.1, 0.15) is 20.7 Å². The van der Waals surface area contributed by atoms with E-state index in [-0.39, 0.29) is 11.6 Å². The number of rotatable bonds is 4. The van der Waals surface area contributed by atoms with Gasteiger partial charge in [-0.05, 0) is 6.08 Å². The second kappa shape index (κ2) is 5.10. The molecular weight excluding hydrogens is 236 g/mol. The topological polar surface area (TPSA) is 51.2 Å². The number of thioether (sulfide) groups is 1. The highest BCUT2D eigenvalue weighted by molar-refractivity contribution is 8.00. The standard InChI is InChI=1S/C13H10O3S/c14-5-6-17-8-9-7-12(15)10-3-1-2-4-11(10)13(9)16/h1-5,7H,6,8H2. The maximum Gasteiger partial charge on any atom is 0.190 e. The van der Waals surface area contributed by atoms with Gasteiger partial charge < -0.3 is 4.79 Å². The van der Waals surface area contributed by atoms with E-state index in [9.17, 15) is 14.4 Å². The largest absolute Gasteiger partial charge is 0.302 e. The third-order valence-electron chi connectivity index (χ3n) is 2.48. The molecule has 0 spiro atoms. The maximum absolute atomic E-state index is 12.0. The highest BCUT2D eigenvalue weighted by Gasteiger charge is 2.24. The van der Waals surface area contributed by atoms with Gasteiger partial charge in [-0.25, -0.2) is 0 Å². The molecule has 0 aliphatic heterocycles. The average molecular weight is 246 g/mol. The van der Waals surface area contributed by atoms with E-state index >= 15 is 0 Å². The Hall–Kier alpha value is -1.68. The quantitative estimate of drug-likeness (QED) is 0.601. The lowest BCUT2D eigenvalue weighted by molar-refractivity contribution is -0.105. The van der Waals surface area contributed by atoms with Crippen LogP contribution in [0.3, 0.4) is 0 Å². The van der Waals surface area contributed by atoms with Gasteiger partial charge in [0.1, 0.15) is 6.29 Å². The number of ketones is 2. The van der Waals surface area contributed by atoms with Gasteiger partial charge in [0, 0.05) is 28.2 Å². The van der Waals surface area contributed by atoms with Crippen LogP contribution < -0.4 is 0 Å². The number of carbonyl (C=O) groups excluding carboxylic acids is 3. The number of hydrogen-bond acceptors (Lipinski definition) is 4. The third kappa shape index (κ3) is 2.36. The van der Waals surface area contributed by atoms with Crippen LogP contribution in [0.5, 0.6) is 0 Å². The van der Waals surface area contributed by atoms with Crippen LogP contribution in [0.4, 0.5) is 0 Å². The second-order valence-electron chi connectivity index (χ2n) is 3.59. The van der Waals surface area contributed by atoms with Gasteiger partial charge in [-0.2, -0.15) is 0 Å². The Labute approximate surface area is 103 Å². The van der Waals surface area contributed by atoms with E-state index in [4.69, 9.17) is 0 Å². The second-order valence-corrected chi connectivity index (χ2v) is 4.62. The highest BCUT2D eigenvalue weighted by atomic mass is 32.2. The van der Waals surface area contributed by atoms with Gasteiger partial charge in [0.15, 0.2) is 11.6 Å². The SMILES string of the molecule is O=CCSCC1=CC(=O)c2ccccc2C1=O. The molecule has 0 bridgehead atoms. The number of carbonyl (C=O) groups is 3. The lowest BCUT2D eigenvalue weighted by atomic mass is 9.90. The van der Waals surface area contributed by atoms with E-state index in [0.717, 1.165) is 6.29 Å². The fourth-order valence-electron chi connectivity index (χ4n) is 1.69. The van der Waals surface area contributed by atoms with Crippen LogP contribution >= 0.6 is 11.8 Å².